The van der Waals surface area contributed by atoms with E-state index >= 15 is 0 Å². The van der Waals surface area contributed by atoms with Gasteiger partial charge in [-0.05, 0) is 68.1 Å². The first kappa shape index (κ1) is 31.3. The second-order valence-electron chi connectivity index (χ2n) is 10.3. The van der Waals surface area contributed by atoms with E-state index in [0.717, 1.165) is 37.7 Å². The maximum absolute atomic E-state index is 12.3. The van der Waals surface area contributed by atoms with Crippen molar-refractivity contribution in [2.75, 3.05) is 0 Å². The third-order valence-electron chi connectivity index (χ3n) is 7.06. The number of ether oxygens (including phenoxy) is 1. The van der Waals surface area contributed by atoms with Crippen LogP contribution in [0.5, 0.6) is 0 Å². The summed E-state index contributed by atoms with van der Waals surface area (Å²) >= 11 is 0. The summed E-state index contributed by atoms with van der Waals surface area (Å²) in [6, 6.07) is 6.54. The second kappa shape index (κ2) is 19.2. The number of nitrogens with one attached hydrogen (secondary N) is 1. The van der Waals surface area contributed by atoms with Gasteiger partial charge in [-0.3, -0.25) is 19.7 Å². The Morgan fingerprint density at radius 3 is 1.92 bits per heavy atom. The molecule has 0 aromatic heterocycles. The highest BCUT2D eigenvalue weighted by molar-refractivity contribution is 6.17. The van der Waals surface area contributed by atoms with Gasteiger partial charge in [0.15, 0.2) is 0 Å². The van der Waals surface area contributed by atoms with Gasteiger partial charge in [-0.1, -0.05) is 81.7 Å². The maximum atomic E-state index is 12.3. The molecule has 5 nitrogen and oxygen atoms in total. The van der Waals surface area contributed by atoms with Crippen LogP contribution in [0.4, 0.5) is 0 Å². The van der Waals surface area contributed by atoms with Gasteiger partial charge in [-0.25, -0.2) is 0 Å². The molecule has 38 heavy (non-hydrogen) atoms. The molecule has 2 rings (SSSR count). The second-order valence-corrected chi connectivity index (χ2v) is 10.3. The molecular weight excluding hydrogens is 474 g/mol. The van der Waals surface area contributed by atoms with Crippen molar-refractivity contribution in [1.82, 2.24) is 5.32 Å². The zero-order valence-electron chi connectivity index (χ0n) is 23.2. The van der Waals surface area contributed by atoms with Crippen molar-refractivity contribution >= 4 is 17.8 Å². The predicted octanol–water partition coefficient (Wildman–Crippen LogP) is 7.62. The summed E-state index contributed by atoms with van der Waals surface area (Å²) in [5.41, 5.74) is 3.78. The molecule has 1 N–H and O–H groups in total. The lowest BCUT2D eigenvalue weighted by molar-refractivity contribution is -0.144. The number of rotatable bonds is 22. The number of esters is 1. The van der Waals surface area contributed by atoms with Gasteiger partial charge in [0, 0.05) is 11.6 Å². The molecule has 0 atom stereocenters. The number of imide groups is 1. The number of aryl methyl sites for hydroxylation is 2. The Morgan fingerprint density at radius 1 is 0.763 bits per heavy atom. The van der Waals surface area contributed by atoms with Crippen molar-refractivity contribution < 1.29 is 19.1 Å². The quantitative estimate of drug-likeness (QED) is 0.0737. The van der Waals surface area contributed by atoms with E-state index in [9.17, 15) is 14.4 Å². The lowest BCUT2D eigenvalue weighted by Gasteiger charge is -2.13. The fraction of sp³-hybridized carbons (Fsp3) is 0.545. The summed E-state index contributed by atoms with van der Waals surface area (Å²) in [4.78, 5) is 35.3. The standard InChI is InChI=1S/C33H47NO4/c1-3-5-7-9-11-13-15-17-19-27-21-22-29(26-38-32(36)25-30-24-31(35)34-33(30)37)28(23-27)20-18-16-14-12-10-8-6-4-2/h3-4,21-24H,1-2,5-20,25-26H2,(H,34,35,37). The molecule has 1 aliphatic rings. The number of hydrogen-bond donors (Lipinski definition) is 1. The topological polar surface area (TPSA) is 72.5 Å². The average molecular weight is 522 g/mol. The van der Waals surface area contributed by atoms with Gasteiger partial charge in [-0.2, -0.15) is 0 Å². The fourth-order valence-corrected chi connectivity index (χ4v) is 4.79. The molecule has 0 radical (unpaired) electrons. The Labute approximate surface area is 229 Å². The van der Waals surface area contributed by atoms with Gasteiger partial charge in [0.1, 0.15) is 6.61 Å². The van der Waals surface area contributed by atoms with E-state index in [1.165, 1.54) is 87.8 Å². The molecule has 0 saturated heterocycles. The Balaban J connectivity index is 1.85. The first-order chi connectivity index (χ1) is 18.5. The van der Waals surface area contributed by atoms with Crippen LogP contribution in [0.1, 0.15) is 113 Å². The smallest absolute Gasteiger partial charge is 0.310 e. The number of hydrogen-bond acceptors (Lipinski definition) is 4. The van der Waals surface area contributed by atoms with Gasteiger partial charge >= 0.3 is 5.97 Å². The van der Waals surface area contributed by atoms with Crippen molar-refractivity contribution in [3.8, 4) is 0 Å². The van der Waals surface area contributed by atoms with Crippen LogP contribution in [0.25, 0.3) is 0 Å². The molecule has 0 aliphatic carbocycles. The maximum Gasteiger partial charge on any atom is 0.310 e. The third-order valence-corrected chi connectivity index (χ3v) is 7.06. The van der Waals surface area contributed by atoms with E-state index in [0.29, 0.717) is 0 Å². The van der Waals surface area contributed by atoms with E-state index in [1.54, 1.807) is 0 Å². The van der Waals surface area contributed by atoms with E-state index in [4.69, 9.17) is 4.74 Å². The van der Waals surface area contributed by atoms with Crippen LogP contribution < -0.4 is 5.32 Å². The number of unbranched alkanes of at least 4 members (excludes halogenated alkanes) is 12. The SMILES string of the molecule is C=CCCCCCCCCc1ccc(COC(=O)CC2=CC(=O)NC2=O)c(CCCCCCCCC=C)c1. The van der Waals surface area contributed by atoms with Crippen molar-refractivity contribution in [2.45, 2.75) is 116 Å². The summed E-state index contributed by atoms with van der Waals surface area (Å²) in [5, 5.41) is 2.16. The lowest BCUT2D eigenvalue weighted by atomic mass is 9.96. The van der Waals surface area contributed by atoms with E-state index in [2.05, 4.69) is 36.7 Å². The molecule has 1 aliphatic heterocycles. The normalized spacial score (nSPS) is 12.8. The Hall–Kier alpha value is -2.95. The zero-order chi connectivity index (χ0) is 27.4. The molecule has 1 aromatic rings. The number of carbonyl (C=O) groups is 3. The lowest BCUT2D eigenvalue weighted by Crippen LogP contribution is -2.23. The van der Waals surface area contributed by atoms with E-state index < -0.39 is 17.8 Å². The Morgan fingerprint density at radius 2 is 1.34 bits per heavy atom. The third kappa shape index (κ3) is 13.0. The molecule has 208 valence electrons. The van der Waals surface area contributed by atoms with Gasteiger partial charge in [0.25, 0.3) is 11.8 Å². The van der Waals surface area contributed by atoms with Crippen molar-refractivity contribution in [3.05, 3.63) is 71.8 Å². The molecule has 5 heteroatoms. The van der Waals surface area contributed by atoms with Crippen LogP contribution >= 0.6 is 0 Å². The number of amides is 2. The minimum atomic E-state index is -0.516. The van der Waals surface area contributed by atoms with Crippen LogP contribution in [0.2, 0.25) is 0 Å². The summed E-state index contributed by atoms with van der Waals surface area (Å²) in [5.74, 6) is -1.49. The molecule has 0 spiro atoms. The summed E-state index contributed by atoms with van der Waals surface area (Å²) < 4.78 is 5.50. The molecule has 0 unspecified atom stereocenters. The summed E-state index contributed by atoms with van der Waals surface area (Å²) in [7, 11) is 0. The van der Waals surface area contributed by atoms with Gasteiger partial charge in [0.05, 0.1) is 6.42 Å². The largest absolute Gasteiger partial charge is 0.461 e. The molecular formula is C33H47NO4. The first-order valence-electron chi connectivity index (χ1n) is 14.6. The highest BCUT2D eigenvalue weighted by atomic mass is 16.5. The molecule has 1 aromatic carbocycles. The average Bonchev–Trinajstić information content (AvgIpc) is 3.22. The van der Waals surface area contributed by atoms with Crippen LogP contribution in [-0.2, 0) is 38.6 Å². The minimum absolute atomic E-state index is 0.157. The Kier molecular flexibility index (Phi) is 15.8. The summed E-state index contributed by atoms with van der Waals surface area (Å²) in [6.07, 6.45) is 24.1. The minimum Gasteiger partial charge on any atom is -0.461 e. The zero-order valence-corrected chi connectivity index (χ0v) is 23.2. The fourth-order valence-electron chi connectivity index (χ4n) is 4.79. The highest BCUT2D eigenvalue weighted by Gasteiger charge is 2.23. The van der Waals surface area contributed by atoms with E-state index in [-0.39, 0.29) is 18.6 Å². The van der Waals surface area contributed by atoms with Crippen molar-refractivity contribution in [2.24, 2.45) is 0 Å². The van der Waals surface area contributed by atoms with Gasteiger partial charge in [0.2, 0.25) is 0 Å². The van der Waals surface area contributed by atoms with Crippen LogP contribution in [-0.4, -0.2) is 17.8 Å². The number of carbonyl (C=O) groups excluding carboxylic acids is 3. The van der Waals surface area contributed by atoms with Crippen LogP contribution in [0.15, 0.2) is 55.2 Å². The molecule has 0 saturated carbocycles. The summed E-state index contributed by atoms with van der Waals surface area (Å²) in [6.45, 7) is 7.76. The highest BCUT2D eigenvalue weighted by Crippen LogP contribution is 2.20. The molecule has 2 amide bonds. The van der Waals surface area contributed by atoms with Crippen molar-refractivity contribution in [3.63, 3.8) is 0 Å². The van der Waals surface area contributed by atoms with Gasteiger partial charge < -0.3 is 4.74 Å². The van der Waals surface area contributed by atoms with Crippen molar-refractivity contribution in [1.29, 1.82) is 0 Å². The number of allylic oxidation sites excluding steroid dienone is 2. The van der Waals surface area contributed by atoms with Crippen LogP contribution in [0.3, 0.4) is 0 Å². The molecule has 0 fully saturated rings. The van der Waals surface area contributed by atoms with Crippen LogP contribution in [0, 0.1) is 0 Å². The molecule has 1 heterocycles. The van der Waals surface area contributed by atoms with Gasteiger partial charge in [-0.15, -0.1) is 13.2 Å². The number of benzene rings is 1. The van der Waals surface area contributed by atoms with E-state index in [1.807, 2.05) is 12.2 Å². The Bertz CT molecular complexity index is 946. The molecule has 0 bridgehead atoms. The predicted molar refractivity (Wildman–Crippen MR) is 155 cm³/mol. The monoisotopic (exact) mass is 521 g/mol. The first-order valence-corrected chi connectivity index (χ1v) is 14.6.